The lowest BCUT2D eigenvalue weighted by Gasteiger charge is -2.12. The average Bonchev–Trinajstić information content (AvgIpc) is 2.46. The third-order valence-electron chi connectivity index (χ3n) is 3.14. The molecule has 2 aromatic rings. The van der Waals surface area contributed by atoms with Gasteiger partial charge in [0.15, 0.2) is 11.5 Å². The molecule has 0 aliphatic rings. The Kier molecular flexibility index (Phi) is 4.35. The van der Waals surface area contributed by atoms with Crippen LogP contribution in [-0.2, 0) is 6.54 Å². The van der Waals surface area contributed by atoms with Gasteiger partial charge in [0.25, 0.3) is 0 Å². The molecule has 0 bridgehead atoms. The number of nitrogens with two attached hydrogens (primary N) is 1. The number of hydrogen-bond acceptors (Lipinski definition) is 4. The second kappa shape index (κ2) is 6.19. The molecule has 2 rings (SSSR count). The van der Waals surface area contributed by atoms with Gasteiger partial charge in [0.2, 0.25) is 0 Å². The molecular weight excluding hydrogens is 252 g/mol. The van der Waals surface area contributed by atoms with E-state index >= 15 is 0 Å². The fraction of sp³-hybridized carbons (Fsp3) is 0.250. The van der Waals surface area contributed by atoms with Gasteiger partial charge in [-0.1, -0.05) is 12.1 Å². The number of methoxy groups -OCH3 is 2. The molecule has 2 aromatic carbocycles. The summed E-state index contributed by atoms with van der Waals surface area (Å²) in [5.74, 6) is 1.45. The number of rotatable bonds is 5. The summed E-state index contributed by atoms with van der Waals surface area (Å²) in [5.41, 5.74) is 9.92. The Bertz CT molecular complexity index is 597. The highest BCUT2D eigenvalue weighted by Gasteiger charge is 2.05. The van der Waals surface area contributed by atoms with Gasteiger partial charge in [-0.2, -0.15) is 0 Å². The average molecular weight is 272 g/mol. The summed E-state index contributed by atoms with van der Waals surface area (Å²) in [6, 6.07) is 11.8. The number of nitrogen functional groups attached to an aromatic ring is 1. The normalized spacial score (nSPS) is 10.2. The van der Waals surface area contributed by atoms with Crippen molar-refractivity contribution in [3.63, 3.8) is 0 Å². The fourth-order valence-electron chi connectivity index (χ4n) is 2.03. The number of anilines is 2. The van der Waals surface area contributed by atoms with E-state index in [0.717, 1.165) is 34.0 Å². The molecule has 0 saturated heterocycles. The van der Waals surface area contributed by atoms with Crippen LogP contribution in [-0.4, -0.2) is 14.2 Å². The van der Waals surface area contributed by atoms with Gasteiger partial charge in [-0.3, -0.25) is 0 Å². The minimum Gasteiger partial charge on any atom is -0.493 e. The third-order valence-corrected chi connectivity index (χ3v) is 3.14. The number of hydrogen-bond donors (Lipinski definition) is 2. The molecule has 0 saturated carbocycles. The van der Waals surface area contributed by atoms with Crippen LogP contribution in [0.5, 0.6) is 11.5 Å². The first kappa shape index (κ1) is 14.1. The van der Waals surface area contributed by atoms with Gasteiger partial charge in [-0.25, -0.2) is 0 Å². The van der Waals surface area contributed by atoms with Crippen LogP contribution in [0.3, 0.4) is 0 Å². The molecule has 0 spiro atoms. The van der Waals surface area contributed by atoms with E-state index in [0.29, 0.717) is 6.54 Å². The molecule has 0 radical (unpaired) electrons. The predicted octanol–water partition coefficient (Wildman–Crippen LogP) is 3.21. The number of ether oxygens (including phenoxy) is 2. The molecular formula is C16H20N2O2. The maximum absolute atomic E-state index is 5.98. The first-order valence-corrected chi connectivity index (χ1v) is 6.45. The summed E-state index contributed by atoms with van der Waals surface area (Å²) < 4.78 is 10.5. The van der Waals surface area contributed by atoms with Crippen LogP contribution in [0.15, 0.2) is 36.4 Å². The lowest BCUT2D eigenvalue weighted by atomic mass is 10.1. The predicted molar refractivity (Wildman–Crippen MR) is 82.5 cm³/mol. The first-order valence-electron chi connectivity index (χ1n) is 6.45. The molecule has 0 aromatic heterocycles. The molecule has 0 amide bonds. The second-order valence-electron chi connectivity index (χ2n) is 4.63. The molecule has 106 valence electrons. The van der Waals surface area contributed by atoms with Crippen molar-refractivity contribution >= 4 is 11.4 Å². The molecule has 4 heteroatoms. The van der Waals surface area contributed by atoms with Crippen molar-refractivity contribution in [1.29, 1.82) is 0 Å². The zero-order chi connectivity index (χ0) is 14.5. The van der Waals surface area contributed by atoms with Crippen LogP contribution in [0.1, 0.15) is 11.1 Å². The number of nitrogens with one attached hydrogen (secondary N) is 1. The van der Waals surface area contributed by atoms with Crippen molar-refractivity contribution in [2.24, 2.45) is 0 Å². The van der Waals surface area contributed by atoms with E-state index in [1.165, 1.54) is 0 Å². The molecule has 0 atom stereocenters. The SMILES string of the molecule is COc1ccc(CNc2ccc(C)cc2N)cc1OC. The van der Waals surface area contributed by atoms with Gasteiger partial charge < -0.3 is 20.5 Å². The van der Waals surface area contributed by atoms with E-state index in [1.54, 1.807) is 14.2 Å². The van der Waals surface area contributed by atoms with Crippen molar-refractivity contribution in [2.45, 2.75) is 13.5 Å². The molecule has 0 fully saturated rings. The second-order valence-corrected chi connectivity index (χ2v) is 4.63. The Labute approximate surface area is 119 Å². The number of benzene rings is 2. The highest BCUT2D eigenvalue weighted by Crippen LogP contribution is 2.28. The molecule has 3 N–H and O–H groups in total. The van der Waals surface area contributed by atoms with Gasteiger partial charge in [0, 0.05) is 6.54 Å². The molecule has 0 unspecified atom stereocenters. The van der Waals surface area contributed by atoms with Crippen LogP contribution in [0, 0.1) is 6.92 Å². The molecule has 0 aliphatic heterocycles. The quantitative estimate of drug-likeness (QED) is 0.821. The van der Waals surface area contributed by atoms with Crippen molar-refractivity contribution in [3.05, 3.63) is 47.5 Å². The van der Waals surface area contributed by atoms with Crippen molar-refractivity contribution in [2.75, 3.05) is 25.3 Å². The van der Waals surface area contributed by atoms with Crippen molar-refractivity contribution in [3.8, 4) is 11.5 Å². The summed E-state index contributed by atoms with van der Waals surface area (Å²) in [4.78, 5) is 0. The van der Waals surface area contributed by atoms with Crippen LogP contribution in [0.25, 0.3) is 0 Å². The minimum absolute atomic E-state index is 0.674. The summed E-state index contributed by atoms with van der Waals surface area (Å²) in [7, 11) is 3.26. The zero-order valence-electron chi connectivity index (χ0n) is 12.1. The Balaban J connectivity index is 2.10. The molecule has 0 aliphatic carbocycles. The van der Waals surface area contributed by atoms with E-state index in [1.807, 2.05) is 43.3 Å². The standard InChI is InChI=1S/C16H20N2O2/c1-11-4-6-14(13(17)8-11)18-10-12-5-7-15(19-2)16(9-12)20-3/h4-9,18H,10,17H2,1-3H3. The van der Waals surface area contributed by atoms with Gasteiger partial charge in [0.1, 0.15) is 0 Å². The molecule has 20 heavy (non-hydrogen) atoms. The number of aryl methyl sites for hydroxylation is 1. The zero-order valence-corrected chi connectivity index (χ0v) is 12.1. The Hall–Kier alpha value is -2.36. The summed E-state index contributed by atoms with van der Waals surface area (Å²) >= 11 is 0. The maximum atomic E-state index is 5.98. The van der Waals surface area contributed by atoms with Gasteiger partial charge in [-0.05, 0) is 42.3 Å². The van der Waals surface area contributed by atoms with Crippen LogP contribution < -0.4 is 20.5 Å². The van der Waals surface area contributed by atoms with Gasteiger partial charge in [0.05, 0.1) is 25.6 Å². The minimum atomic E-state index is 0.674. The van der Waals surface area contributed by atoms with Crippen LogP contribution in [0.2, 0.25) is 0 Å². The lowest BCUT2D eigenvalue weighted by molar-refractivity contribution is 0.354. The summed E-state index contributed by atoms with van der Waals surface area (Å²) in [6.45, 7) is 2.70. The summed E-state index contributed by atoms with van der Waals surface area (Å²) in [6.07, 6.45) is 0. The Morgan fingerprint density at radius 3 is 2.40 bits per heavy atom. The topological polar surface area (TPSA) is 56.5 Å². The van der Waals surface area contributed by atoms with E-state index in [9.17, 15) is 0 Å². The monoisotopic (exact) mass is 272 g/mol. The smallest absolute Gasteiger partial charge is 0.161 e. The molecule has 4 nitrogen and oxygen atoms in total. The van der Waals surface area contributed by atoms with Crippen molar-refractivity contribution in [1.82, 2.24) is 0 Å². The van der Waals surface area contributed by atoms with E-state index < -0.39 is 0 Å². The lowest BCUT2D eigenvalue weighted by Crippen LogP contribution is -2.03. The highest BCUT2D eigenvalue weighted by molar-refractivity contribution is 5.67. The Morgan fingerprint density at radius 2 is 1.75 bits per heavy atom. The van der Waals surface area contributed by atoms with Crippen LogP contribution in [0.4, 0.5) is 11.4 Å². The van der Waals surface area contributed by atoms with Crippen molar-refractivity contribution < 1.29 is 9.47 Å². The third kappa shape index (κ3) is 3.15. The fourth-order valence-corrected chi connectivity index (χ4v) is 2.03. The van der Waals surface area contributed by atoms with E-state index in [4.69, 9.17) is 15.2 Å². The van der Waals surface area contributed by atoms with Gasteiger partial charge in [-0.15, -0.1) is 0 Å². The first-order chi connectivity index (χ1) is 9.63. The van der Waals surface area contributed by atoms with Crippen LogP contribution >= 0.6 is 0 Å². The van der Waals surface area contributed by atoms with E-state index in [2.05, 4.69) is 5.32 Å². The largest absolute Gasteiger partial charge is 0.493 e. The van der Waals surface area contributed by atoms with Gasteiger partial charge >= 0.3 is 0 Å². The molecule has 0 heterocycles. The Morgan fingerprint density at radius 1 is 1.00 bits per heavy atom. The summed E-state index contributed by atoms with van der Waals surface area (Å²) in [5, 5.41) is 3.32. The maximum Gasteiger partial charge on any atom is 0.161 e. The highest BCUT2D eigenvalue weighted by atomic mass is 16.5. The van der Waals surface area contributed by atoms with E-state index in [-0.39, 0.29) is 0 Å².